The van der Waals surface area contributed by atoms with Gasteiger partial charge in [-0.2, -0.15) is 0 Å². The first-order valence-electron chi connectivity index (χ1n) is 13.7. The Morgan fingerprint density at radius 2 is 1.52 bits per heavy atom. The summed E-state index contributed by atoms with van der Waals surface area (Å²) in [5.41, 5.74) is 11.5. The molecule has 3 atom stereocenters. The number of carbonyl (C=O) groups is 5. The van der Waals surface area contributed by atoms with Crippen molar-refractivity contribution in [3.05, 3.63) is 65.7 Å². The molecule has 0 aliphatic rings. The van der Waals surface area contributed by atoms with Gasteiger partial charge in [-0.05, 0) is 42.0 Å². The molecule has 8 N–H and O–H groups in total. The van der Waals surface area contributed by atoms with Crippen LogP contribution in [0.4, 0.5) is 0 Å². The molecule has 228 valence electrons. The second-order valence-corrected chi connectivity index (χ2v) is 11.0. The third-order valence-corrected chi connectivity index (χ3v) is 6.53. The van der Waals surface area contributed by atoms with Crippen molar-refractivity contribution in [3.63, 3.8) is 0 Å². The molecule has 0 saturated heterocycles. The van der Waals surface area contributed by atoms with Gasteiger partial charge in [0.25, 0.3) is 11.8 Å². The highest BCUT2D eigenvalue weighted by Gasteiger charge is 2.48. The minimum atomic E-state index is -2.33. The van der Waals surface area contributed by atoms with Gasteiger partial charge in [0, 0.05) is 12.3 Å². The number of nitrogens with zero attached hydrogens (tertiary/aromatic N) is 1. The molecule has 0 unspecified atom stereocenters. The molecule has 2 aromatic carbocycles. The number of hydrogen-bond donors (Lipinski definition) is 6. The Hall–Kier alpha value is -4.29. The van der Waals surface area contributed by atoms with Crippen LogP contribution in [0.25, 0.3) is 0 Å². The highest BCUT2D eigenvalue weighted by atomic mass is 16.4. The van der Waals surface area contributed by atoms with Crippen LogP contribution in [0, 0.1) is 11.8 Å². The van der Waals surface area contributed by atoms with E-state index < -0.39 is 59.8 Å². The van der Waals surface area contributed by atoms with Crippen LogP contribution in [0.2, 0.25) is 0 Å². The summed E-state index contributed by atoms with van der Waals surface area (Å²) in [6.07, 6.45) is -0.117. The fourth-order valence-electron chi connectivity index (χ4n) is 4.30. The Balaban J connectivity index is 2.38. The third-order valence-electron chi connectivity index (χ3n) is 6.53. The summed E-state index contributed by atoms with van der Waals surface area (Å²) in [6, 6.07) is 12.2. The van der Waals surface area contributed by atoms with E-state index in [0.29, 0.717) is 16.0 Å². The van der Waals surface area contributed by atoms with Crippen LogP contribution in [-0.4, -0.2) is 69.0 Å². The highest BCUT2D eigenvalue weighted by molar-refractivity contribution is 6.05. The maximum Gasteiger partial charge on any atom is 0.326 e. The van der Waals surface area contributed by atoms with E-state index in [9.17, 15) is 34.2 Å². The number of rotatable bonds is 14. The Morgan fingerprint density at radius 1 is 0.929 bits per heavy atom. The average Bonchev–Trinajstić information content (AvgIpc) is 2.92. The van der Waals surface area contributed by atoms with E-state index in [1.807, 2.05) is 0 Å². The van der Waals surface area contributed by atoms with Crippen LogP contribution in [0.15, 0.2) is 54.6 Å². The van der Waals surface area contributed by atoms with Gasteiger partial charge in [0.05, 0.1) is 12.6 Å². The lowest BCUT2D eigenvalue weighted by Gasteiger charge is -2.40. The predicted octanol–water partition coefficient (Wildman–Crippen LogP) is 0.903. The molecule has 0 saturated carbocycles. The zero-order valence-corrected chi connectivity index (χ0v) is 24.4. The molecular weight excluding hydrogens is 542 g/mol. The lowest BCUT2D eigenvalue weighted by Crippen LogP contribution is -2.72. The van der Waals surface area contributed by atoms with Crippen molar-refractivity contribution >= 4 is 29.6 Å². The van der Waals surface area contributed by atoms with Crippen LogP contribution in [0.3, 0.4) is 0 Å². The molecule has 0 aliphatic carbocycles. The zero-order valence-electron chi connectivity index (χ0n) is 24.4. The Bertz CT molecular complexity index is 1250. The minimum absolute atomic E-state index is 0.0565. The topological polar surface area (TPSA) is 205 Å². The van der Waals surface area contributed by atoms with Crippen molar-refractivity contribution in [2.24, 2.45) is 23.3 Å². The monoisotopic (exact) mass is 583 g/mol. The van der Waals surface area contributed by atoms with Gasteiger partial charge >= 0.3 is 5.97 Å². The van der Waals surface area contributed by atoms with E-state index in [2.05, 4.69) is 10.6 Å². The molecule has 12 nitrogen and oxygen atoms in total. The number of aromatic hydroxyl groups is 1. The van der Waals surface area contributed by atoms with E-state index in [1.54, 1.807) is 56.3 Å². The van der Waals surface area contributed by atoms with Crippen LogP contribution >= 0.6 is 0 Å². The summed E-state index contributed by atoms with van der Waals surface area (Å²) in [6.45, 7) is 5.92. The molecule has 0 heterocycles. The molecule has 0 bridgehead atoms. The average molecular weight is 584 g/mol. The lowest BCUT2D eigenvalue weighted by atomic mass is 9.94. The van der Waals surface area contributed by atoms with Crippen molar-refractivity contribution < 1.29 is 34.2 Å². The molecule has 42 heavy (non-hydrogen) atoms. The first kappa shape index (κ1) is 33.9. The Kier molecular flexibility index (Phi) is 12.2. The van der Waals surface area contributed by atoms with Crippen molar-refractivity contribution in [2.45, 2.75) is 64.7 Å². The Labute approximate surface area is 245 Å². The van der Waals surface area contributed by atoms with Gasteiger partial charge in [-0.3, -0.25) is 29.8 Å². The van der Waals surface area contributed by atoms with Gasteiger partial charge in [0.2, 0.25) is 11.8 Å². The quantitative estimate of drug-likeness (QED) is 0.175. The summed E-state index contributed by atoms with van der Waals surface area (Å²) < 4.78 is 0. The van der Waals surface area contributed by atoms with Crippen LogP contribution in [-0.2, 0) is 36.8 Å². The van der Waals surface area contributed by atoms with Crippen LogP contribution < -0.4 is 22.1 Å². The number of amides is 4. The first-order valence-corrected chi connectivity index (χ1v) is 13.7. The molecule has 2 aromatic rings. The van der Waals surface area contributed by atoms with E-state index in [0.717, 1.165) is 0 Å². The molecule has 0 fully saturated rings. The second-order valence-electron chi connectivity index (χ2n) is 11.0. The molecule has 4 amide bonds. The third kappa shape index (κ3) is 9.38. The number of nitrogens with two attached hydrogens (primary N) is 2. The number of phenols is 1. The van der Waals surface area contributed by atoms with Crippen LogP contribution in [0.5, 0.6) is 5.75 Å². The molecular formula is C30H41N5O7. The lowest BCUT2D eigenvalue weighted by molar-refractivity contribution is -0.161. The van der Waals surface area contributed by atoms with Gasteiger partial charge < -0.3 is 26.6 Å². The largest absolute Gasteiger partial charge is 0.508 e. The van der Waals surface area contributed by atoms with Gasteiger partial charge in [-0.25, -0.2) is 4.79 Å². The fraction of sp³-hybridized carbons (Fsp3) is 0.433. The summed E-state index contributed by atoms with van der Waals surface area (Å²) >= 11 is 0. The maximum absolute atomic E-state index is 13.7. The Morgan fingerprint density at radius 3 is 2.05 bits per heavy atom. The first-order chi connectivity index (χ1) is 19.6. The van der Waals surface area contributed by atoms with Crippen molar-refractivity contribution in [3.8, 4) is 5.75 Å². The number of carbonyl (C=O) groups excluding carboxylic acids is 4. The molecule has 2 rings (SSSR count). The van der Waals surface area contributed by atoms with Crippen molar-refractivity contribution in [1.82, 2.24) is 15.5 Å². The standard InChI is InChI=1S/C30H41N5O7/c1-18(2)14-24(28(40)41)34-29(42)30(32,16-21-8-6-5-7-9-21)35(27(39)19(3)4)25(37)17-33-26(38)23(31)15-20-10-12-22(36)13-11-20/h5-13,18-19,23-24,36H,14-17,31-32H2,1-4H3,(H,33,38)(H,34,42)(H,40,41)/t23-,24-,30-/m0/s1. The number of hydrogen-bond acceptors (Lipinski definition) is 8. The van der Waals surface area contributed by atoms with E-state index >= 15 is 0 Å². The zero-order chi connectivity index (χ0) is 31.6. The summed E-state index contributed by atoms with van der Waals surface area (Å²) in [4.78, 5) is 66.0. The number of aliphatic carboxylic acids is 1. The van der Waals surface area contributed by atoms with E-state index in [1.165, 1.54) is 26.0 Å². The predicted molar refractivity (Wildman–Crippen MR) is 156 cm³/mol. The van der Waals surface area contributed by atoms with Crippen molar-refractivity contribution in [2.75, 3.05) is 6.54 Å². The van der Waals surface area contributed by atoms with Crippen LogP contribution in [0.1, 0.15) is 45.2 Å². The van der Waals surface area contributed by atoms with Gasteiger partial charge in [0.1, 0.15) is 11.8 Å². The SMILES string of the molecule is CC(C)C[C@H](NC(=O)[C@](N)(Cc1ccccc1)N(C(=O)CNC(=O)[C@@H](N)Cc1ccc(O)cc1)C(=O)C(C)C)C(=O)O. The fourth-order valence-corrected chi connectivity index (χ4v) is 4.30. The van der Waals surface area contributed by atoms with Gasteiger partial charge in [0.15, 0.2) is 5.66 Å². The van der Waals surface area contributed by atoms with E-state index in [4.69, 9.17) is 11.5 Å². The van der Waals surface area contributed by atoms with Gasteiger partial charge in [-0.1, -0.05) is 70.2 Å². The summed E-state index contributed by atoms with van der Waals surface area (Å²) in [5, 5.41) is 24.0. The number of nitrogens with one attached hydrogen (secondary N) is 2. The maximum atomic E-state index is 13.7. The highest BCUT2D eigenvalue weighted by Crippen LogP contribution is 2.21. The van der Waals surface area contributed by atoms with Gasteiger partial charge in [-0.15, -0.1) is 0 Å². The number of phenolic OH excluding ortho intramolecular Hbond substituents is 1. The summed E-state index contributed by atoms with van der Waals surface area (Å²) in [5.74, 6) is -5.58. The molecule has 0 radical (unpaired) electrons. The normalized spacial score (nSPS) is 14.0. The van der Waals surface area contributed by atoms with Crippen molar-refractivity contribution in [1.29, 1.82) is 0 Å². The molecule has 0 aromatic heterocycles. The summed E-state index contributed by atoms with van der Waals surface area (Å²) in [7, 11) is 0. The molecule has 0 aliphatic heterocycles. The van der Waals surface area contributed by atoms with E-state index in [-0.39, 0.29) is 30.9 Å². The molecule has 0 spiro atoms. The smallest absolute Gasteiger partial charge is 0.326 e. The number of carboxylic acids is 1. The second kappa shape index (κ2) is 15.1. The number of imide groups is 1. The minimum Gasteiger partial charge on any atom is -0.508 e. The number of carboxylic acid groups (broad SMARTS) is 1. The number of benzene rings is 2. The molecule has 12 heteroatoms.